The normalized spacial score (nSPS) is 11.2. The Balaban J connectivity index is 2.29. The minimum atomic E-state index is -0.0127. The van der Waals surface area contributed by atoms with Crippen LogP contribution in [0.4, 0.5) is 0 Å². The largest absolute Gasteiger partial charge is 0.496 e. The highest BCUT2D eigenvalue weighted by atomic mass is 16.5. The second-order valence-corrected chi connectivity index (χ2v) is 7.54. The van der Waals surface area contributed by atoms with Crippen molar-refractivity contribution in [1.82, 2.24) is 4.90 Å². The molecule has 146 valence electrons. The highest BCUT2D eigenvalue weighted by Gasteiger charge is 2.19. The molecule has 27 heavy (non-hydrogen) atoms. The van der Waals surface area contributed by atoms with Crippen LogP contribution in [0.3, 0.4) is 0 Å². The molecule has 0 saturated carbocycles. The minimum absolute atomic E-state index is 0.0127. The highest BCUT2D eigenvalue weighted by molar-refractivity contribution is 5.94. The summed E-state index contributed by atoms with van der Waals surface area (Å²) in [6.45, 7) is 12.2. The lowest BCUT2D eigenvalue weighted by Gasteiger charge is -2.23. The number of amides is 1. The third kappa shape index (κ3) is 5.03. The molecular formula is C23H31NO3. The average molecular weight is 370 g/mol. The topological polar surface area (TPSA) is 38.8 Å². The Hall–Kier alpha value is -2.49. The summed E-state index contributed by atoms with van der Waals surface area (Å²) in [6.07, 6.45) is 0. The monoisotopic (exact) mass is 369 g/mol. The number of nitrogens with zero attached hydrogens (tertiary/aromatic N) is 1. The number of benzene rings is 2. The standard InChI is InChI=1S/C23H31NO3/c1-7-24(8-2)22(25)17-13-14-20(26-6)18(15-17)16-27-21-12-10-9-11-19(21)23(3,4)5/h9-15H,7-8,16H2,1-6H3. The predicted molar refractivity (Wildman–Crippen MR) is 110 cm³/mol. The van der Waals surface area contributed by atoms with Crippen LogP contribution in [0, 0.1) is 0 Å². The maximum atomic E-state index is 12.7. The lowest BCUT2D eigenvalue weighted by Crippen LogP contribution is -2.30. The van der Waals surface area contributed by atoms with Gasteiger partial charge in [-0.2, -0.15) is 0 Å². The van der Waals surface area contributed by atoms with Crippen molar-refractivity contribution in [2.75, 3.05) is 20.2 Å². The molecule has 2 aromatic carbocycles. The van der Waals surface area contributed by atoms with E-state index in [0.717, 1.165) is 22.6 Å². The van der Waals surface area contributed by atoms with Crippen LogP contribution < -0.4 is 9.47 Å². The van der Waals surface area contributed by atoms with E-state index in [9.17, 15) is 4.79 Å². The van der Waals surface area contributed by atoms with Crippen molar-refractivity contribution < 1.29 is 14.3 Å². The molecule has 2 aromatic rings. The number of hydrogen-bond acceptors (Lipinski definition) is 3. The maximum Gasteiger partial charge on any atom is 0.253 e. The van der Waals surface area contributed by atoms with Crippen molar-refractivity contribution in [1.29, 1.82) is 0 Å². The number of hydrogen-bond donors (Lipinski definition) is 0. The van der Waals surface area contributed by atoms with Gasteiger partial charge in [0.2, 0.25) is 0 Å². The molecule has 0 aromatic heterocycles. The molecule has 0 unspecified atom stereocenters. The fourth-order valence-electron chi connectivity index (χ4n) is 3.09. The Morgan fingerprint density at radius 3 is 2.26 bits per heavy atom. The fraction of sp³-hybridized carbons (Fsp3) is 0.435. The molecule has 0 radical (unpaired) electrons. The van der Waals surface area contributed by atoms with Crippen molar-refractivity contribution in [2.45, 2.75) is 46.6 Å². The van der Waals surface area contributed by atoms with Crippen LogP contribution in [-0.4, -0.2) is 31.0 Å². The molecule has 0 aliphatic rings. The van der Waals surface area contributed by atoms with E-state index in [2.05, 4.69) is 26.8 Å². The van der Waals surface area contributed by atoms with E-state index >= 15 is 0 Å². The Kier molecular flexibility index (Phi) is 6.89. The van der Waals surface area contributed by atoms with Gasteiger partial charge < -0.3 is 14.4 Å². The summed E-state index contributed by atoms with van der Waals surface area (Å²) in [7, 11) is 1.63. The first kappa shape index (κ1) is 20.8. The summed E-state index contributed by atoms with van der Waals surface area (Å²) in [5.74, 6) is 1.60. The van der Waals surface area contributed by atoms with Crippen molar-refractivity contribution >= 4 is 5.91 Å². The third-order valence-corrected chi connectivity index (χ3v) is 4.66. The van der Waals surface area contributed by atoms with Crippen LogP contribution in [0.5, 0.6) is 11.5 Å². The predicted octanol–water partition coefficient (Wildman–Crippen LogP) is 5.05. The van der Waals surface area contributed by atoms with E-state index in [1.165, 1.54) is 0 Å². The van der Waals surface area contributed by atoms with Gasteiger partial charge in [0.05, 0.1) is 7.11 Å². The Morgan fingerprint density at radius 1 is 1.00 bits per heavy atom. The first-order valence-corrected chi connectivity index (χ1v) is 9.50. The van der Waals surface area contributed by atoms with E-state index in [-0.39, 0.29) is 11.3 Å². The van der Waals surface area contributed by atoms with Gasteiger partial charge in [-0.15, -0.1) is 0 Å². The zero-order valence-electron chi connectivity index (χ0n) is 17.3. The molecule has 0 spiro atoms. The van der Waals surface area contributed by atoms with Crippen molar-refractivity contribution in [3.8, 4) is 11.5 Å². The van der Waals surface area contributed by atoms with Gasteiger partial charge in [-0.3, -0.25) is 4.79 Å². The van der Waals surface area contributed by atoms with E-state index in [1.807, 2.05) is 50.2 Å². The van der Waals surface area contributed by atoms with Crippen LogP contribution >= 0.6 is 0 Å². The molecule has 0 heterocycles. The van der Waals surface area contributed by atoms with Gasteiger partial charge in [-0.1, -0.05) is 39.0 Å². The summed E-state index contributed by atoms with van der Waals surface area (Å²) in [5.41, 5.74) is 2.65. The molecular weight excluding hydrogens is 338 g/mol. The zero-order chi connectivity index (χ0) is 20.0. The molecule has 4 heteroatoms. The maximum absolute atomic E-state index is 12.7. The first-order valence-electron chi connectivity index (χ1n) is 9.50. The van der Waals surface area contributed by atoms with Gasteiger partial charge in [0.1, 0.15) is 18.1 Å². The molecule has 0 N–H and O–H groups in total. The molecule has 0 atom stereocenters. The SMILES string of the molecule is CCN(CC)C(=O)c1ccc(OC)c(COc2ccccc2C(C)(C)C)c1. The number of carbonyl (C=O) groups excluding carboxylic acids is 1. The molecule has 0 aliphatic heterocycles. The van der Waals surface area contributed by atoms with Crippen LogP contribution in [0.15, 0.2) is 42.5 Å². The van der Waals surface area contributed by atoms with Gasteiger partial charge in [0.15, 0.2) is 0 Å². The fourth-order valence-corrected chi connectivity index (χ4v) is 3.09. The van der Waals surface area contributed by atoms with Crippen LogP contribution in [0.25, 0.3) is 0 Å². The van der Waals surface area contributed by atoms with E-state index in [1.54, 1.807) is 12.0 Å². The van der Waals surface area contributed by atoms with Gasteiger partial charge >= 0.3 is 0 Å². The van der Waals surface area contributed by atoms with Gasteiger partial charge in [0.25, 0.3) is 5.91 Å². The number of methoxy groups -OCH3 is 1. The van der Waals surface area contributed by atoms with Crippen LogP contribution in [0.2, 0.25) is 0 Å². The lowest BCUT2D eigenvalue weighted by molar-refractivity contribution is 0.0772. The van der Waals surface area contributed by atoms with Crippen molar-refractivity contribution in [3.63, 3.8) is 0 Å². The summed E-state index contributed by atoms with van der Waals surface area (Å²) in [4.78, 5) is 14.5. The minimum Gasteiger partial charge on any atom is -0.496 e. The van der Waals surface area contributed by atoms with Gasteiger partial charge in [-0.05, 0) is 49.1 Å². The highest BCUT2D eigenvalue weighted by Crippen LogP contribution is 2.32. The van der Waals surface area contributed by atoms with Crippen LogP contribution in [0.1, 0.15) is 56.1 Å². The zero-order valence-corrected chi connectivity index (χ0v) is 17.3. The van der Waals surface area contributed by atoms with Crippen molar-refractivity contribution in [2.24, 2.45) is 0 Å². The number of para-hydroxylation sites is 1. The quantitative estimate of drug-likeness (QED) is 0.685. The molecule has 4 nitrogen and oxygen atoms in total. The smallest absolute Gasteiger partial charge is 0.253 e. The molecule has 0 aliphatic carbocycles. The summed E-state index contributed by atoms with van der Waals surface area (Å²) in [5, 5.41) is 0. The average Bonchev–Trinajstić information content (AvgIpc) is 2.66. The Labute approximate surface area is 163 Å². The van der Waals surface area contributed by atoms with Gasteiger partial charge in [0, 0.05) is 24.2 Å². The summed E-state index contributed by atoms with van der Waals surface area (Å²) in [6, 6.07) is 13.6. The Morgan fingerprint density at radius 2 is 1.67 bits per heavy atom. The van der Waals surface area contributed by atoms with Crippen molar-refractivity contribution in [3.05, 3.63) is 59.2 Å². The lowest BCUT2D eigenvalue weighted by atomic mass is 9.86. The van der Waals surface area contributed by atoms with Crippen LogP contribution in [-0.2, 0) is 12.0 Å². The number of rotatable bonds is 7. The van der Waals surface area contributed by atoms with E-state index < -0.39 is 0 Å². The van der Waals surface area contributed by atoms with E-state index in [4.69, 9.17) is 9.47 Å². The molecule has 0 saturated heterocycles. The third-order valence-electron chi connectivity index (χ3n) is 4.66. The number of carbonyl (C=O) groups is 1. The Bertz CT molecular complexity index is 773. The summed E-state index contributed by atoms with van der Waals surface area (Å²) < 4.78 is 11.6. The second-order valence-electron chi connectivity index (χ2n) is 7.54. The molecule has 1 amide bonds. The molecule has 2 rings (SSSR count). The van der Waals surface area contributed by atoms with Gasteiger partial charge in [-0.25, -0.2) is 0 Å². The molecule has 0 fully saturated rings. The first-order chi connectivity index (χ1) is 12.8. The summed E-state index contributed by atoms with van der Waals surface area (Å²) >= 11 is 0. The van der Waals surface area contributed by atoms with E-state index in [0.29, 0.717) is 25.3 Å². The number of ether oxygens (including phenoxy) is 2. The second kappa shape index (κ2) is 8.94. The molecule has 0 bridgehead atoms.